The summed E-state index contributed by atoms with van der Waals surface area (Å²) in [6, 6.07) is 0. The number of halogens is 4. The molecular formula is C21H18Br2Cl2N6O2. The zero-order valence-electron chi connectivity index (χ0n) is 17.3. The molecule has 2 aliphatic rings. The highest BCUT2D eigenvalue weighted by Crippen LogP contribution is 2.45. The molecule has 0 spiro atoms. The number of Topliss-reactive ketones (excluding diaryl/α,β-unsaturated/α-hetero) is 1. The molecule has 0 atom stereocenters. The minimum Gasteiger partial charge on any atom is -0.390 e. The topological polar surface area (TPSA) is 97.7 Å². The van der Waals surface area contributed by atoms with Gasteiger partial charge in [-0.25, -0.2) is 19.9 Å². The van der Waals surface area contributed by atoms with Crippen LogP contribution in [0.2, 0.25) is 10.3 Å². The predicted octanol–water partition coefficient (Wildman–Crippen LogP) is 5.37. The van der Waals surface area contributed by atoms with E-state index in [1.165, 1.54) is 0 Å². The van der Waals surface area contributed by atoms with Gasteiger partial charge in [-0.2, -0.15) is 0 Å². The number of aliphatic hydroxyl groups is 1. The third-order valence-electron chi connectivity index (χ3n) is 6.04. The van der Waals surface area contributed by atoms with Gasteiger partial charge in [0.25, 0.3) is 0 Å². The van der Waals surface area contributed by atoms with Crippen molar-refractivity contribution in [1.29, 1.82) is 0 Å². The Labute approximate surface area is 215 Å². The number of imidazole rings is 2. The number of hydrogen-bond donors (Lipinski definition) is 1. The second-order valence-electron chi connectivity index (χ2n) is 8.64. The Morgan fingerprint density at radius 1 is 0.939 bits per heavy atom. The van der Waals surface area contributed by atoms with E-state index >= 15 is 0 Å². The molecule has 4 aromatic heterocycles. The van der Waals surface area contributed by atoms with E-state index in [1.54, 1.807) is 12.4 Å². The fraction of sp³-hybridized carbons (Fsp3) is 0.381. The van der Waals surface area contributed by atoms with Gasteiger partial charge in [0.1, 0.15) is 37.7 Å². The molecule has 0 radical (unpaired) electrons. The molecule has 33 heavy (non-hydrogen) atoms. The van der Waals surface area contributed by atoms with Crippen LogP contribution in [0.5, 0.6) is 0 Å². The second kappa shape index (κ2) is 8.57. The lowest BCUT2D eigenvalue weighted by Gasteiger charge is -2.40. The van der Waals surface area contributed by atoms with Crippen LogP contribution in [0.25, 0.3) is 11.0 Å². The molecule has 2 fully saturated rings. The molecule has 12 heteroatoms. The summed E-state index contributed by atoms with van der Waals surface area (Å²) in [6.45, 7) is 1.85. The first-order chi connectivity index (χ1) is 15.6. The fourth-order valence-electron chi connectivity index (χ4n) is 4.40. The zero-order chi connectivity index (χ0) is 23.5. The second-order valence-corrected chi connectivity index (χ2v) is 10.9. The molecule has 2 aliphatic carbocycles. The van der Waals surface area contributed by atoms with Gasteiger partial charge in [0.05, 0.1) is 5.60 Å². The minimum absolute atomic E-state index is 0.213. The summed E-state index contributed by atoms with van der Waals surface area (Å²) in [4.78, 5) is 27.9. The predicted molar refractivity (Wildman–Crippen MR) is 131 cm³/mol. The fourth-order valence-corrected chi connectivity index (χ4v) is 6.22. The van der Waals surface area contributed by atoms with Gasteiger partial charge in [-0.3, -0.25) is 13.6 Å². The summed E-state index contributed by atoms with van der Waals surface area (Å²) in [7, 11) is 0. The van der Waals surface area contributed by atoms with E-state index in [0.29, 0.717) is 32.4 Å². The third-order valence-corrected chi connectivity index (χ3v) is 7.70. The van der Waals surface area contributed by atoms with Gasteiger partial charge in [-0.05, 0) is 51.6 Å². The van der Waals surface area contributed by atoms with Gasteiger partial charge in [0.15, 0.2) is 10.3 Å². The van der Waals surface area contributed by atoms with Crippen LogP contribution in [-0.2, 0) is 4.79 Å². The van der Waals surface area contributed by atoms with Crippen LogP contribution in [0.4, 0.5) is 0 Å². The summed E-state index contributed by atoms with van der Waals surface area (Å²) >= 11 is 18.8. The van der Waals surface area contributed by atoms with Gasteiger partial charge in [0, 0.05) is 49.5 Å². The number of ketones is 1. The molecule has 2 saturated carbocycles. The molecule has 0 saturated heterocycles. The quantitative estimate of drug-likeness (QED) is 0.325. The SMILES string of the molecule is CC1(O)CC(c2nc(Br)c3c(Cl)nccn23)C1.O=C1CC(c2nc(Br)c3c(Cl)nccn23)C1. The maximum Gasteiger partial charge on any atom is 0.155 e. The number of carbonyl (C=O) groups is 1. The Bertz CT molecular complexity index is 1390. The molecule has 6 rings (SSSR count). The zero-order valence-corrected chi connectivity index (χ0v) is 22.0. The van der Waals surface area contributed by atoms with Crippen molar-refractivity contribution < 1.29 is 9.90 Å². The summed E-state index contributed by atoms with van der Waals surface area (Å²) in [5.74, 6) is 2.60. The first-order valence-corrected chi connectivity index (χ1v) is 12.6. The lowest BCUT2D eigenvalue weighted by molar-refractivity contribution is -0.124. The molecule has 172 valence electrons. The van der Waals surface area contributed by atoms with Crippen molar-refractivity contribution in [3.05, 3.63) is 55.9 Å². The maximum absolute atomic E-state index is 11.0. The van der Waals surface area contributed by atoms with E-state index in [4.69, 9.17) is 23.2 Å². The smallest absolute Gasteiger partial charge is 0.155 e. The monoisotopic (exact) mass is 614 g/mol. The van der Waals surface area contributed by atoms with Crippen LogP contribution < -0.4 is 0 Å². The van der Waals surface area contributed by atoms with E-state index in [-0.39, 0.29) is 17.6 Å². The largest absolute Gasteiger partial charge is 0.390 e. The van der Waals surface area contributed by atoms with Crippen molar-refractivity contribution in [2.75, 3.05) is 0 Å². The Morgan fingerprint density at radius 2 is 1.39 bits per heavy atom. The van der Waals surface area contributed by atoms with Crippen molar-refractivity contribution in [2.24, 2.45) is 0 Å². The van der Waals surface area contributed by atoms with Gasteiger partial charge in [-0.1, -0.05) is 23.2 Å². The first-order valence-electron chi connectivity index (χ1n) is 10.2. The van der Waals surface area contributed by atoms with E-state index in [2.05, 4.69) is 51.8 Å². The van der Waals surface area contributed by atoms with Gasteiger partial charge in [-0.15, -0.1) is 0 Å². The molecule has 0 aliphatic heterocycles. The van der Waals surface area contributed by atoms with Gasteiger partial charge >= 0.3 is 0 Å². The Kier molecular flexibility index (Phi) is 6.01. The lowest BCUT2D eigenvalue weighted by atomic mass is 9.72. The summed E-state index contributed by atoms with van der Waals surface area (Å²) in [5, 5.41) is 10.6. The summed E-state index contributed by atoms with van der Waals surface area (Å²) in [6.07, 6.45) is 9.57. The van der Waals surface area contributed by atoms with Crippen LogP contribution in [0, 0.1) is 0 Å². The molecule has 0 unspecified atom stereocenters. The van der Waals surface area contributed by atoms with E-state index in [0.717, 1.165) is 35.5 Å². The van der Waals surface area contributed by atoms with E-state index in [1.807, 2.05) is 28.1 Å². The third kappa shape index (κ3) is 4.20. The van der Waals surface area contributed by atoms with Crippen molar-refractivity contribution in [2.45, 2.75) is 50.0 Å². The van der Waals surface area contributed by atoms with E-state index in [9.17, 15) is 9.90 Å². The summed E-state index contributed by atoms with van der Waals surface area (Å²) < 4.78 is 5.23. The van der Waals surface area contributed by atoms with Crippen molar-refractivity contribution in [1.82, 2.24) is 28.7 Å². The molecule has 8 nitrogen and oxygen atoms in total. The van der Waals surface area contributed by atoms with Crippen LogP contribution in [0.1, 0.15) is 56.1 Å². The number of aromatic nitrogens is 6. The van der Waals surface area contributed by atoms with Gasteiger partial charge < -0.3 is 5.11 Å². The molecule has 0 amide bonds. The highest BCUT2D eigenvalue weighted by Gasteiger charge is 2.41. The van der Waals surface area contributed by atoms with Crippen molar-refractivity contribution in [3.63, 3.8) is 0 Å². The Hall–Kier alpha value is -1.59. The number of carbonyl (C=O) groups excluding carboxylic acids is 1. The highest BCUT2D eigenvalue weighted by molar-refractivity contribution is 9.10. The first kappa shape index (κ1) is 23.2. The number of nitrogens with zero attached hydrogens (tertiary/aromatic N) is 6. The number of fused-ring (bicyclic) bond motifs is 2. The Balaban J connectivity index is 0.000000139. The van der Waals surface area contributed by atoms with E-state index < -0.39 is 5.60 Å². The standard InChI is InChI=1S/C11H11BrClN3O.C10H7BrClN3O/c1-11(17)4-6(5-11)10-15-8(12)7-9(13)14-2-3-16(7)10;11-8-7-9(12)13-1-2-15(7)10(14-8)5-3-6(16)4-5/h2-3,6,17H,4-5H2,1H3;1-2,5H,3-4H2. The minimum atomic E-state index is -0.556. The maximum atomic E-state index is 11.0. The van der Waals surface area contributed by atoms with Crippen LogP contribution in [0.3, 0.4) is 0 Å². The molecule has 4 aromatic rings. The number of hydrogen-bond acceptors (Lipinski definition) is 6. The molecule has 1 N–H and O–H groups in total. The average molecular weight is 617 g/mol. The Morgan fingerprint density at radius 3 is 1.82 bits per heavy atom. The molecule has 4 heterocycles. The molecule has 0 aromatic carbocycles. The van der Waals surface area contributed by atoms with Crippen molar-refractivity contribution >= 4 is 71.9 Å². The highest BCUT2D eigenvalue weighted by atomic mass is 79.9. The molecule has 0 bridgehead atoms. The van der Waals surface area contributed by atoms with Crippen LogP contribution in [0.15, 0.2) is 34.0 Å². The van der Waals surface area contributed by atoms with Gasteiger partial charge in [0.2, 0.25) is 0 Å². The normalized spacial score (nSPS) is 22.7. The lowest BCUT2D eigenvalue weighted by Crippen LogP contribution is -2.40. The summed E-state index contributed by atoms with van der Waals surface area (Å²) in [5.41, 5.74) is 0.994. The average Bonchev–Trinajstić information content (AvgIpc) is 3.23. The van der Waals surface area contributed by atoms with Crippen LogP contribution in [-0.4, -0.2) is 45.2 Å². The van der Waals surface area contributed by atoms with Crippen molar-refractivity contribution in [3.8, 4) is 0 Å². The molecular weight excluding hydrogens is 599 g/mol. The number of rotatable bonds is 2. The van der Waals surface area contributed by atoms with Crippen LogP contribution >= 0.6 is 55.1 Å².